The van der Waals surface area contributed by atoms with Crippen LogP contribution < -0.4 is 57.4 Å². The van der Waals surface area contributed by atoms with E-state index in [9.17, 15) is 82.2 Å². The van der Waals surface area contributed by atoms with Gasteiger partial charge in [0.1, 0.15) is 22.4 Å². The number of nitrogens with one attached hydrogen (secondary N) is 8. The van der Waals surface area contributed by atoms with Gasteiger partial charge in [-0.05, 0) is 139 Å². The van der Waals surface area contributed by atoms with E-state index in [0.717, 1.165) is 31.4 Å². The Bertz CT molecular complexity index is 3940. The summed E-state index contributed by atoms with van der Waals surface area (Å²) in [6, 6.07) is -6.77. The summed E-state index contributed by atoms with van der Waals surface area (Å²) >= 11 is 0. The molecule has 16 N–H and O–H groups in total. The summed E-state index contributed by atoms with van der Waals surface area (Å²) in [5, 5.41) is 28.1. The smallest absolute Gasteiger partial charge is 0.414 e. The largest absolute Gasteiger partial charge is 0.478 e. The van der Waals surface area contributed by atoms with Gasteiger partial charge in [-0.3, -0.25) is 21.3 Å². The zero-order valence-electron chi connectivity index (χ0n) is 69.4. The van der Waals surface area contributed by atoms with Gasteiger partial charge in [-0.1, -0.05) is 27.7 Å². The minimum absolute atomic E-state index is 0.00635. The number of hydrogen-bond donors (Lipinski definition) is 13. The van der Waals surface area contributed by atoms with E-state index in [1.807, 2.05) is 27.7 Å². The molecule has 0 aliphatic heterocycles. The van der Waals surface area contributed by atoms with Crippen molar-refractivity contribution in [3.05, 3.63) is 46.6 Å². The molecule has 4 rings (SSSR count). The fourth-order valence-corrected chi connectivity index (χ4v) is 13.8. The number of aliphatic carboxylic acids is 2. The summed E-state index contributed by atoms with van der Waals surface area (Å²) in [6.45, 7) is 28.6. The first-order chi connectivity index (χ1) is 52.5. The van der Waals surface area contributed by atoms with E-state index < -0.39 is 189 Å². The maximum absolute atomic E-state index is 12.5. The number of sulfonamides is 4. The molecule has 0 spiro atoms. The average molecular weight is 1720 g/mol. The number of hydrogen-bond acceptors (Lipinski definition) is 30. The second-order valence-corrected chi connectivity index (χ2v) is 37.7. The molecule has 660 valence electrons. The van der Waals surface area contributed by atoms with Crippen molar-refractivity contribution >= 4 is 106 Å². The molecule has 115 heavy (non-hydrogen) atoms. The van der Waals surface area contributed by atoms with Crippen LogP contribution in [0.3, 0.4) is 0 Å². The highest BCUT2D eigenvalue weighted by atomic mass is 32.2. The molecule has 0 unspecified atom stereocenters. The third-order valence-electron chi connectivity index (χ3n) is 14.6. The van der Waals surface area contributed by atoms with Gasteiger partial charge < -0.3 is 74.8 Å². The predicted molar refractivity (Wildman–Crippen MR) is 425 cm³/mol. The van der Waals surface area contributed by atoms with Gasteiger partial charge in [0.05, 0.1) is 106 Å². The Labute approximate surface area is 674 Å². The number of aliphatic imine (C=N–C) groups is 3. The Morgan fingerprint density at radius 1 is 0.400 bits per heavy atom. The molecule has 0 saturated heterocycles. The molecule has 42 nitrogen and oxygen atoms in total. The van der Waals surface area contributed by atoms with E-state index in [-0.39, 0.29) is 67.5 Å². The Morgan fingerprint density at radius 2 is 0.626 bits per heavy atom. The monoisotopic (exact) mass is 1720 g/mol. The SMILES string of the molecule is CCCO[C@@H]1C=C(C(=O)O)C[C@H](N=C(N)N)[C@H]1NS(C)(=O)=O.CCCO[C@@H]1C=C(C(=O)O)C[C@H](N=C(NC(=O)OC(C)(C)C)NC(=O)OC(C)(C)C)[C@H]1NS(C)(=O)=O.CCCO[C@@H]1C=C(C(=O)OC)C[C@H](N)[C@H]1NS(C)(=O)=O.CCCO[C@@H]1C=C(C(=O)OC)C[C@H](N=C(NC(=O)OC(C)(C)C)NC(=O)OC(C)(C)C)[C@H]1NS(C)(=O)=O. The predicted octanol–water partition coefficient (Wildman–Crippen LogP) is 2.15. The van der Waals surface area contributed by atoms with Gasteiger partial charge in [0.15, 0.2) is 5.96 Å². The number of carbonyl (C=O) groups excluding carboxylic acids is 6. The summed E-state index contributed by atoms with van der Waals surface area (Å²) in [7, 11) is -12.0. The van der Waals surface area contributed by atoms with Crippen LogP contribution in [-0.4, -0.2) is 271 Å². The summed E-state index contributed by atoms with van der Waals surface area (Å²) in [5.41, 5.74) is 13.9. The topological polar surface area (TPSA) is 617 Å². The molecule has 0 aromatic carbocycles. The van der Waals surface area contributed by atoms with E-state index in [1.165, 1.54) is 32.4 Å². The summed E-state index contributed by atoms with van der Waals surface area (Å²) in [4.78, 5) is 109. The lowest BCUT2D eigenvalue weighted by atomic mass is 9.89. The number of carboxylic acid groups (broad SMARTS) is 2. The Kier molecular flexibility index (Phi) is 42.7. The van der Waals surface area contributed by atoms with Crippen molar-refractivity contribution < 1.29 is 130 Å². The molecule has 0 saturated carbocycles. The minimum Gasteiger partial charge on any atom is -0.478 e. The second kappa shape index (κ2) is 46.8. The van der Waals surface area contributed by atoms with Crippen molar-refractivity contribution in [2.75, 3.05) is 65.7 Å². The van der Waals surface area contributed by atoms with Crippen LogP contribution >= 0.6 is 0 Å². The van der Waals surface area contributed by atoms with E-state index in [2.05, 4.69) is 59.9 Å². The first kappa shape index (κ1) is 105. The maximum atomic E-state index is 12.5. The van der Waals surface area contributed by atoms with Crippen LogP contribution in [-0.2, 0) is 107 Å². The molecule has 0 fully saturated rings. The number of methoxy groups -OCH3 is 2. The van der Waals surface area contributed by atoms with Crippen molar-refractivity contribution in [2.45, 2.75) is 257 Å². The highest BCUT2D eigenvalue weighted by molar-refractivity contribution is 7.89. The lowest BCUT2D eigenvalue weighted by Gasteiger charge is -2.35. The van der Waals surface area contributed by atoms with E-state index >= 15 is 0 Å². The van der Waals surface area contributed by atoms with Gasteiger partial charge >= 0.3 is 48.3 Å². The third-order valence-corrected chi connectivity index (χ3v) is 17.4. The Morgan fingerprint density at radius 3 is 0.852 bits per heavy atom. The van der Waals surface area contributed by atoms with Crippen molar-refractivity contribution in [3.8, 4) is 0 Å². The molecule has 4 amide bonds. The first-order valence-electron chi connectivity index (χ1n) is 36.4. The van der Waals surface area contributed by atoms with E-state index in [1.54, 1.807) is 89.2 Å². The summed E-state index contributed by atoms with van der Waals surface area (Å²) < 4.78 is 157. The average Bonchev–Trinajstić information content (AvgIpc) is 0.825. The Hall–Kier alpha value is -8.03. The molecule has 12 atom stereocenters. The fourth-order valence-electron chi connectivity index (χ4n) is 10.6. The molecule has 0 heterocycles. The molecular weight excluding hydrogens is 1600 g/mol. The number of carbonyl (C=O) groups is 8. The van der Waals surface area contributed by atoms with Crippen molar-refractivity contribution in [1.29, 1.82) is 0 Å². The van der Waals surface area contributed by atoms with Crippen LogP contribution in [0, 0.1) is 0 Å². The summed E-state index contributed by atoms with van der Waals surface area (Å²) in [5.74, 6) is -4.49. The van der Waals surface area contributed by atoms with Gasteiger partial charge in [0, 0.05) is 74.0 Å². The summed E-state index contributed by atoms with van der Waals surface area (Å²) in [6.07, 6.45) is 5.49. The maximum Gasteiger partial charge on any atom is 0.414 e. The van der Waals surface area contributed by atoms with Crippen LogP contribution in [0.1, 0.15) is 162 Å². The highest BCUT2D eigenvalue weighted by Gasteiger charge is 2.43. The van der Waals surface area contributed by atoms with Gasteiger partial charge in [-0.2, -0.15) is 0 Å². The number of esters is 2. The van der Waals surface area contributed by atoms with Gasteiger partial charge in [-0.15, -0.1) is 0 Å². The highest BCUT2D eigenvalue weighted by Crippen LogP contribution is 2.30. The molecule has 0 aromatic heterocycles. The number of ether oxygens (including phenoxy) is 10. The van der Waals surface area contributed by atoms with Crippen LogP contribution in [0.5, 0.6) is 0 Å². The van der Waals surface area contributed by atoms with Crippen LogP contribution in [0.2, 0.25) is 0 Å². The van der Waals surface area contributed by atoms with Gasteiger partial charge in [-0.25, -0.2) is 106 Å². The quantitative estimate of drug-likeness (QED) is 0.0242. The third kappa shape index (κ3) is 44.8. The lowest BCUT2D eigenvalue weighted by molar-refractivity contribution is -0.137. The molecule has 4 aliphatic carbocycles. The Balaban J connectivity index is 0.000000792. The molecule has 4 aliphatic rings. The second-order valence-electron chi connectivity index (χ2n) is 30.6. The molecule has 0 bridgehead atoms. The number of nitrogens with two attached hydrogens (primary N) is 3. The van der Waals surface area contributed by atoms with Crippen molar-refractivity contribution in [2.24, 2.45) is 32.2 Å². The van der Waals surface area contributed by atoms with Crippen molar-refractivity contribution in [1.82, 2.24) is 40.2 Å². The van der Waals surface area contributed by atoms with Gasteiger partial charge in [0.25, 0.3) is 0 Å². The first-order valence-corrected chi connectivity index (χ1v) is 43.9. The van der Waals surface area contributed by atoms with E-state index in [4.69, 9.17) is 59.8 Å². The number of nitrogens with zero attached hydrogens (tertiary/aromatic N) is 3. The van der Waals surface area contributed by atoms with Crippen LogP contribution in [0.4, 0.5) is 19.2 Å². The fraction of sp³-hybridized carbons (Fsp3) is 0.725. The number of guanidine groups is 3. The molecular formula is C69H122N14O28S4. The number of carboxylic acids is 2. The minimum atomic E-state index is -3.78. The van der Waals surface area contributed by atoms with E-state index in [0.29, 0.717) is 38.0 Å². The lowest BCUT2D eigenvalue weighted by Crippen LogP contribution is -2.56. The van der Waals surface area contributed by atoms with Crippen LogP contribution in [0.15, 0.2) is 61.6 Å². The van der Waals surface area contributed by atoms with Crippen LogP contribution in [0.25, 0.3) is 0 Å². The zero-order valence-corrected chi connectivity index (χ0v) is 72.7. The normalized spacial score (nSPS) is 22.5. The standard InChI is InChI=1S/C23H40N4O9S.C22H38N4O9S.C12H22N4O5S.C12H22N2O5S/c1-10-11-34-16-13-14(18(28)33-8)12-15(17(16)27-37(9,31)32)24-19(25-20(29)35-22(2,3)4)26-21(30)36-23(5,6)7;1-9-10-33-15-12-13(17(27)28)11-14(16(15)26-36(8,31)32)23-18(24-19(29)34-21(2,3)4)25-20(30)35-22(5,6)7;1-3-4-21-9-6-7(11(17)18)5-8(15-12(13)14)10(9)16-22(2,19)20;1-4-5-19-10-7-8(12(15)18-2)6-9(13)11(10)14-20(3,16)17/h13,15-17,27H,10-12H2,1-9H3,(H2,24,25,26,29,30);12,14-16,26H,9-11H2,1-8H3,(H,27,28)(H2,23,24,25,29,30);6,8-10,16H,3-5H2,1-2H3,(H,17,18)(H4,13,14,15);7,9-11,14H,4-6,13H2,1-3H3/t15-,16+,17+;14-,15+,16+;8-,9+,10+;9-,10+,11+/m0000/s1. The number of amides is 4. The van der Waals surface area contributed by atoms with Gasteiger partial charge in [0.2, 0.25) is 52.0 Å². The number of alkyl carbamates (subject to hydrolysis) is 4. The molecule has 0 aromatic rings. The van der Waals surface area contributed by atoms with Crippen molar-refractivity contribution in [3.63, 3.8) is 0 Å². The zero-order chi connectivity index (χ0) is 88.8. The molecule has 46 heteroatoms. The number of rotatable bonds is 27. The molecule has 0 radical (unpaired) electrons.